The third kappa shape index (κ3) is 2.28. The van der Waals surface area contributed by atoms with Crippen molar-refractivity contribution in [3.8, 4) is 0 Å². The summed E-state index contributed by atoms with van der Waals surface area (Å²) in [5.41, 5.74) is -0.666. The van der Waals surface area contributed by atoms with Gasteiger partial charge in [-0.15, -0.1) is 23.2 Å². The van der Waals surface area contributed by atoms with Gasteiger partial charge in [-0.3, -0.25) is 0 Å². The van der Waals surface area contributed by atoms with E-state index in [1.54, 1.807) is 37.6 Å². The second-order valence-corrected chi connectivity index (χ2v) is 4.96. The fraction of sp³-hybridized carbons (Fsp3) is 0.333. The monoisotopic (exact) mass is 275 g/mol. The molecule has 0 aliphatic carbocycles. The zero-order valence-corrected chi connectivity index (χ0v) is 10.7. The Hall–Kier alpha value is -0.770. The van der Waals surface area contributed by atoms with Crippen LogP contribution in [0.1, 0.15) is 5.56 Å². The Bertz CT molecular complexity index is 514. The minimum absolute atomic E-state index is 0.0496. The maximum atomic E-state index is 14.7. The molecule has 1 atom stereocenters. The van der Waals surface area contributed by atoms with Gasteiger partial charge in [0.2, 0.25) is 0 Å². The molecule has 2 aromatic rings. The van der Waals surface area contributed by atoms with Gasteiger partial charge in [0.1, 0.15) is 10.4 Å². The maximum absolute atomic E-state index is 14.7. The van der Waals surface area contributed by atoms with E-state index in [0.717, 1.165) is 5.39 Å². The van der Waals surface area contributed by atoms with E-state index in [9.17, 15) is 4.39 Å². The van der Waals surface area contributed by atoms with E-state index >= 15 is 0 Å². The zero-order valence-electron chi connectivity index (χ0n) is 9.21. The molecular weight excluding hydrogens is 264 g/mol. The van der Waals surface area contributed by atoms with Gasteiger partial charge in [-0.1, -0.05) is 6.07 Å². The molecule has 0 amide bonds. The molecule has 0 fully saturated rings. The first-order valence-corrected chi connectivity index (χ1v) is 6.04. The van der Waals surface area contributed by atoms with Crippen LogP contribution >= 0.6 is 23.2 Å². The molecule has 1 aromatic heterocycles. The molecule has 0 aliphatic heterocycles. The number of rotatable bonds is 4. The van der Waals surface area contributed by atoms with Crippen LogP contribution in [0.3, 0.4) is 0 Å². The summed E-state index contributed by atoms with van der Waals surface area (Å²) in [6, 6.07) is 6.83. The second-order valence-electron chi connectivity index (χ2n) is 3.87. The molecule has 0 saturated carbocycles. The standard InChI is InChI=1S/C12H12Cl2FNO/c1-16-7-12(15,11(13)14)9-2-3-10-8(6-9)4-5-17-10/h2-6,11,16H,7H2,1H3. The number of hydrogen-bond acceptors (Lipinski definition) is 2. The first-order chi connectivity index (χ1) is 8.08. The molecule has 1 aromatic carbocycles. The Labute approximate surface area is 109 Å². The van der Waals surface area contributed by atoms with Crippen molar-refractivity contribution >= 4 is 34.2 Å². The largest absolute Gasteiger partial charge is 0.464 e. The van der Waals surface area contributed by atoms with Crippen LogP contribution in [-0.2, 0) is 5.67 Å². The predicted molar refractivity (Wildman–Crippen MR) is 68.4 cm³/mol. The fourth-order valence-corrected chi connectivity index (χ4v) is 2.19. The van der Waals surface area contributed by atoms with Gasteiger partial charge in [0.05, 0.1) is 6.26 Å². The summed E-state index contributed by atoms with van der Waals surface area (Å²) in [5, 5.41) is 3.59. The highest BCUT2D eigenvalue weighted by Gasteiger charge is 2.38. The van der Waals surface area contributed by atoms with Crippen molar-refractivity contribution in [2.24, 2.45) is 0 Å². The summed E-state index contributed by atoms with van der Waals surface area (Å²) < 4.78 is 19.9. The van der Waals surface area contributed by atoms with Crippen LogP contribution in [0.25, 0.3) is 11.0 Å². The molecule has 1 N–H and O–H groups in total. The van der Waals surface area contributed by atoms with E-state index < -0.39 is 10.5 Å². The average molecular weight is 276 g/mol. The van der Waals surface area contributed by atoms with Gasteiger partial charge in [0, 0.05) is 11.9 Å². The second kappa shape index (κ2) is 4.84. The van der Waals surface area contributed by atoms with E-state index in [0.29, 0.717) is 11.1 Å². The fourth-order valence-electron chi connectivity index (χ4n) is 1.79. The minimum Gasteiger partial charge on any atom is -0.464 e. The van der Waals surface area contributed by atoms with Crippen LogP contribution in [-0.4, -0.2) is 18.4 Å². The molecular formula is C12H12Cl2FNO. The van der Waals surface area contributed by atoms with Crippen molar-refractivity contribution in [1.82, 2.24) is 5.32 Å². The van der Waals surface area contributed by atoms with Crippen molar-refractivity contribution in [3.05, 3.63) is 36.1 Å². The van der Waals surface area contributed by atoms with E-state index in [2.05, 4.69) is 5.32 Å². The van der Waals surface area contributed by atoms with Crippen molar-refractivity contribution < 1.29 is 8.81 Å². The number of furan rings is 1. The number of likely N-dealkylation sites (N-methyl/N-ethyl adjacent to an activating group) is 1. The van der Waals surface area contributed by atoms with Crippen LogP contribution in [0, 0.1) is 0 Å². The SMILES string of the molecule is CNCC(F)(c1ccc2occc2c1)C(Cl)Cl. The van der Waals surface area contributed by atoms with E-state index in [1.165, 1.54) is 0 Å². The molecule has 0 bridgehead atoms. The van der Waals surface area contributed by atoms with Crippen LogP contribution in [0.15, 0.2) is 34.9 Å². The van der Waals surface area contributed by atoms with Crippen LogP contribution < -0.4 is 5.32 Å². The van der Waals surface area contributed by atoms with Crippen molar-refractivity contribution in [2.75, 3.05) is 13.6 Å². The van der Waals surface area contributed by atoms with Crippen molar-refractivity contribution in [3.63, 3.8) is 0 Å². The summed E-state index contributed by atoms with van der Waals surface area (Å²) in [7, 11) is 1.65. The third-order valence-electron chi connectivity index (χ3n) is 2.71. The summed E-state index contributed by atoms with van der Waals surface area (Å²) in [6.07, 6.45) is 1.56. The van der Waals surface area contributed by atoms with Gasteiger partial charge >= 0.3 is 0 Å². The number of hydrogen-bond donors (Lipinski definition) is 1. The first kappa shape index (κ1) is 12.7. The predicted octanol–water partition coefficient (Wildman–Crippen LogP) is 3.62. The third-order valence-corrected chi connectivity index (χ3v) is 3.40. The molecule has 1 heterocycles. The van der Waals surface area contributed by atoms with Gasteiger partial charge in [0.25, 0.3) is 0 Å². The lowest BCUT2D eigenvalue weighted by Gasteiger charge is -2.26. The van der Waals surface area contributed by atoms with Gasteiger partial charge in [0.15, 0.2) is 5.67 Å². The molecule has 1 unspecified atom stereocenters. The highest BCUT2D eigenvalue weighted by Crippen LogP contribution is 2.36. The van der Waals surface area contributed by atoms with Gasteiger partial charge in [-0.05, 0) is 30.8 Å². The van der Waals surface area contributed by atoms with Crippen LogP contribution in [0.4, 0.5) is 4.39 Å². The number of benzene rings is 1. The normalized spacial score (nSPS) is 15.4. The van der Waals surface area contributed by atoms with Crippen LogP contribution in [0.2, 0.25) is 0 Å². The Morgan fingerprint density at radius 2 is 2.18 bits per heavy atom. The highest BCUT2D eigenvalue weighted by atomic mass is 35.5. The lowest BCUT2D eigenvalue weighted by molar-refractivity contribution is 0.182. The number of alkyl halides is 3. The average Bonchev–Trinajstić information content (AvgIpc) is 2.75. The molecule has 0 aliphatic rings. The summed E-state index contributed by atoms with van der Waals surface area (Å²) in [4.78, 5) is -1.14. The van der Waals surface area contributed by atoms with E-state index in [1.807, 2.05) is 0 Å². The van der Waals surface area contributed by atoms with E-state index in [-0.39, 0.29) is 6.54 Å². The Morgan fingerprint density at radius 3 is 2.82 bits per heavy atom. The molecule has 2 rings (SSSR count). The quantitative estimate of drug-likeness (QED) is 0.863. The molecule has 0 spiro atoms. The smallest absolute Gasteiger partial charge is 0.178 e. The maximum Gasteiger partial charge on any atom is 0.178 e. The molecule has 92 valence electrons. The number of halogens is 3. The summed E-state index contributed by atoms with van der Waals surface area (Å²) >= 11 is 11.5. The lowest BCUT2D eigenvalue weighted by atomic mass is 9.96. The zero-order chi connectivity index (χ0) is 12.5. The van der Waals surface area contributed by atoms with Crippen LogP contribution in [0.5, 0.6) is 0 Å². The molecule has 17 heavy (non-hydrogen) atoms. The molecule has 0 saturated heterocycles. The summed E-state index contributed by atoms with van der Waals surface area (Å²) in [5.74, 6) is 0. The van der Waals surface area contributed by atoms with E-state index in [4.69, 9.17) is 27.6 Å². The van der Waals surface area contributed by atoms with Gasteiger partial charge in [-0.25, -0.2) is 4.39 Å². The van der Waals surface area contributed by atoms with Gasteiger partial charge < -0.3 is 9.73 Å². The Morgan fingerprint density at radius 1 is 1.41 bits per heavy atom. The Balaban J connectivity index is 2.48. The minimum atomic E-state index is -1.82. The highest BCUT2D eigenvalue weighted by molar-refractivity contribution is 6.45. The molecule has 5 heteroatoms. The molecule has 0 radical (unpaired) electrons. The lowest BCUT2D eigenvalue weighted by Crippen LogP contribution is -2.38. The van der Waals surface area contributed by atoms with Gasteiger partial charge in [-0.2, -0.15) is 0 Å². The summed E-state index contributed by atoms with van der Waals surface area (Å²) in [6.45, 7) is 0.0496. The molecule has 2 nitrogen and oxygen atoms in total. The van der Waals surface area contributed by atoms with Crippen molar-refractivity contribution in [2.45, 2.75) is 10.5 Å². The first-order valence-electron chi connectivity index (χ1n) is 5.17. The Kier molecular flexibility index (Phi) is 3.61. The number of fused-ring (bicyclic) bond motifs is 1. The van der Waals surface area contributed by atoms with Crippen molar-refractivity contribution in [1.29, 1.82) is 0 Å². The number of nitrogens with one attached hydrogen (secondary N) is 1. The topological polar surface area (TPSA) is 25.2 Å².